The van der Waals surface area contributed by atoms with Crippen LogP contribution in [0.1, 0.15) is 0 Å². The van der Waals surface area contributed by atoms with Crippen molar-refractivity contribution in [2.45, 2.75) is 0 Å². The van der Waals surface area contributed by atoms with Gasteiger partial charge in [-0.25, -0.2) is 4.79 Å². The van der Waals surface area contributed by atoms with Gasteiger partial charge in [-0.15, -0.1) is 0 Å². The SMILES string of the molecule is Nc1nc(=O)c2ccccc2c(=O)o1. The molecule has 1 aromatic heterocycles. The summed E-state index contributed by atoms with van der Waals surface area (Å²) in [4.78, 5) is 26.1. The van der Waals surface area contributed by atoms with Crippen LogP contribution >= 0.6 is 0 Å². The number of nitrogen functional groups attached to an aromatic ring is 1. The predicted molar refractivity (Wildman–Crippen MR) is 51.0 cm³/mol. The van der Waals surface area contributed by atoms with E-state index in [1.165, 1.54) is 12.1 Å². The van der Waals surface area contributed by atoms with Crippen LogP contribution in [0.15, 0.2) is 38.3 Å². The van der Waals surface area contributed by atoms with E-state index in [1.807, 2.05) is 0 Å². The molecular weight excluding hydrogens is 184 g/mol. The molecule has 2 N–H and O–H groups in total. The lowest BCUT2D eigenvalue weighted by Crippen LogP contribution is -2.04. The molecule has 5 heteroatoms. The molecule has 14 heavy (non-hydrogen) atoms. The Balaban J connectivity index is 3.18. The van der Waals surface area contributed by atoms with Crippen LogP contribution in [0.25, 0.3) is 10.8 Å². The van der Waals surface area contributed by atoms with Crippen molar-refractivity contribution in [3.05, 3.63) is 45.0 Å². The molecule has 0 aliphatic heterocycles. The van der Waals surface area contributed by atoms with Gasteiger partial charge in [0.25, 0.3) is 11.6 Å². The summed E-state index contributed by atoms with van der Waals surface area (Å²) in [6, 6.07) is 5.84. The first-order valence-electron chi connectivity index (χ1n) is 3.88. The molecule has 5 nitrogen and oxygen atoms in total. The third-order valence-electron chi connectivity index (χ3n) is 1.79. The maximum Gasteiger partial charge on any atom is 0.346 e. The number of anilines is 1. The summed E-state index contributed by atoms with van der Waals surface area (Å²) in [6.07, 6.45) is 0. The van der Waals surface area contributed by atoms with Crippen molar-refractivity contribution in [1.29, 1.82) is 0 Å². The van der Waals surface area contributed by atoms with E-state index in [1.54, 1.807) is 12.1 Å². The molecule has 0 aliphatic rings. The van der Waals surface area contributed by atoms with Crippen LogP contribution in [0.2, 0.25) is 0 Å². The van der Waals surface area contributed by atoms with E-state index in [0.717, 1.165) is 0 Å². The third kappa shape index (κ3) is 1.24. The van der Waals surface area contributed by atoms with Crippen LogP contribution in [0, 0.1) is 0 Å². The highest BCUT2D eigenvalue weighted by molar-refractivity contribution is 5.79. The number of hydrogen-bond acceptors (Lipinski definition) is 5. The molecule has 0 saturated carbocycles. The van der Waals surface area contributed by atoms with Gasteiger partial charge in [0.2, 0.25) is 0 Å². The first-order chi connectivity index (χ1) is 6.68. The highest BCUT2D eigenvalue weighted by Gasteiger charge is 2.02. The van der Waals surface area contributed by atoms with Crippen molar-refractivity contribution in [1.82, 2.24) is 4.98 Å². The van der Waals surface area contributed by atoms with E-state index in [0.29, 0.717) is 0 Å². The second-order valence-electron chi connectivity index (χ2n) is 2.69. The van der Waals surface area contributed by atoms with Gasteiger partial charge in [0.15, 0.2) is 0 Å². The maximum atomic E-state index is 11.4. The van der Waals surface area contributed by atoms with Crippen molar-refractivity contribution in [2.75, 3.05) is 5.73 Å². The molecule has 0 radical (unpaired) electrons. The summed E-state index contributed by atoms with van der Waals surface area (Å²) in [6.45, 7) is 0. The molecule has 0 amide bonds. The summed E-state index contributed by atoms with van der Waals surface area (Å²) >= 11 is 0. The predicted octanol–water partition coefficient (Wildman–Crippen LogP) is 0.130. The lowest BCUT2D eigenvalue weighted by molar-refractivity contribution is 0.528. The minimum atomic E-state index is -0.660. The Labute approximate surface area is 77.8 Å². The lowest BCUT2D eigenvalue weighted by atomic mass is 10.2. The molecule has 2 rings (SSSR count). The van der Waals surface area contributed by atoms with E-state index < -0.39 is 17.2 Å². The van der Waals surface area contributed by atoms with Crippen molar-refractivity contribution < 1.29 is 4.42 Å². The Morgan fingerprint density at radius 1 is 1.14 bits per heavy atom. The Hall–Kier alpha value is -2.17. The molecule has 1 aromatic carbocycles. The van der Waals surface area contributed by atoms with Gasteiger partial charge in [0, 0.05) is 0 Å². The first kappa shape index (κ1) is 8.43. The first-order valence-corrected chi connectivity index (χ1v) is 3.88. The molecule has 0 bridgehead atoms. The van der Waals surface area contributed by atoms with E-state index in [9.17, 15) is 9.59 Å². The average Bonchev–Trinajstić information content (AvgIpc) is 2.26. The highest BCUT2D eigenvalue weighted by atomic mass is 16.4. The van der Waals surface area contributed by atoms with Crippen molar-refractivity contribution in [2.24, 2.45) is 0 Å². The number of fused-ring (bicyclic) bond motifs is 1. The standard InChI is InChI=1S/C9H6N2O3/c10-9-11-7(12)5-3-1-2-4-6(5)8(13)14-9/h1-4H,(H2,10,11,12). The number of nitrogens with zero attached hydrogens (tertiary/aromatic N) is 1. The van der Waals surface area contributed by atoms with Gasteiger partial charge in [0.1, 0.15) is 0 Å². The minimum absolute atomic E-state index is 0.182. The fourth-order valence-corrected chi connectivity index (χ4v) is 1.18. The molecule has 0 fully saturated rings. The van der Waals surface area contributed by atoms with Gasteiger partial charge in [0.05, 0.1) is 10.8 Å². The summed E-state index contributed by atoms with van der Waals surface area (Å²) in [5.74, 6) is 0. The Bertz CT molecular complexity index is 551. The summed E-state index contributed by atoms with van der Waals surface area (Å²) in [7, 11) is 0. The van der Waals surface area contributed by atoms with Gasteiger partial charge in [-0.2, -0.15) is 4.98 Å². The number of aromatic nitrogens is 1. The zero-order valence-electron chi connectivity index (χ0n) is 7.06. The Kier molecular flexibility index (Phi) is 1.78. The monoisotopic (exact) mass is 190 g/mol. The second kappa shape index (κ2) is 2.95. The molecule has 0 unspecified atom stereocenters. The number of nitrogens with two attached hydrogens (primary N) is 1. The van der Waals surface area contributed by atoms with Gasteiger partial charge < -0.3 is 10.2 Å². The molecule has 0 aliphatic carbocycles. The number of rotatable bonds is 0. The van der Waals surface area contributed by atoms with Crippen molar-refractivity contribution in [3.63, 3.8) is 0 Å². The fourth-order valence-electron chi connectivity index (χ4n) is 1.18. The van der Waals surface area contributed by atoms with Crippen LogP contribution in [-0.2, 0) is 0 Å². The van der Waals surface area contributed by atoms with Crippen LogP contribution in [-0.4, -0.2) is 4.98 Å². The molecule has 0 spiro atoms. The van der Waals surface area contributed by atoms with E-state index in [2.05, 4.69) is 9.40 Å². The van der Waals surface area contributed by atoms with Gasteiger partial charge in [-0.05, 0) is 12.1 Å². The normalized spacial score (nSPS) is 10.3. The molecule has 0 atom stereocenters. The van der Waals surface area contributed by atoms with Crippen LogP contribution in [0.5, 0.6) is 0 Å². The fraction of sp³-hybridized carbons (Fsp3) is 0. The Morgan fingerprint density at radius 3 is 2.50 bits per heavy atom. The van der Waals surface area contributed by atoms with E-state index in [4.69, 9.17) is 5.73 Å². The largest absolute Gasteiger partial charge is 0.389 e. The van der Waals surface area contributed by atoms with Crippen molar-refractivity contribution >= 4 is 16.8 Å². The Morgan fingerprint density at radius 2 is 1.79 bits per heavy atom. The average molecular weight is 190 g/mol. The van der Waals surface area contributed by atoms with Gasteiger partial charge in [-0.3, -0.25) is 4.79 Å². The summed E-state index contributed by atoms with van der Waals surface area (Å²) in [5.41, 5.74) is 3.96. The highest BCUT2D eigenvalue weighted by Crippen LogP contribution is 2.02. The van der Waals surface area contributed by atoms with Crippen molar-refractivity contribution in [3.8, 4) is 0 Å². The van der Waals surface area contributed by atoms with E-state index in [-0.39, 0.29) is 10.8 Å². The quantitative estimate of drug-likeness (QED) is 0.638. The van der Waals surface area contributed by atoms with Gasteiger partial charge in [-0.1, -0.05) is 12.1 Å². The van der Waals surface area contributed by atoms with E-state index >= 15 is 0 Å². The molecule has 2 aromatic rings. The zero-order chi connectivity index (χ0) is 10.1. The second-order valence-corrected chi connectivity index (χ2v) is 2.69. The van der Waals surface area contributed by atoms with Gasteiger partial charge >= 0.3 is 5.63 Å². The van der Waals surface area contributed by atoms with Crippen LogP contribution in [0.3, 0.4) is 0 Å². The molecule has 1 heterocycles. The zero-order valence-corrected chi connectivity index (χ0v) is 7.06. The smallest absolute Gasteiger partial charge is 0.346 e. The lowest BCUT2D eigenvalue weighted by Gasteiger charge is -1.84. The minimum Gasteiger partial charge on any atom is -0.389 e. The molecular formula is C9H6N2O3. The molecule has 70 valence electrons. The number of benzene rings is 1. The molecule has 0 saturated heterocycles. The van der Waals surface area contributed by atoms with Crippen LogP contribution < -0.4 is 16.9 Å². The summed E-state index contributed by atoms with van der Waals surface area (Å²) in [5, 5.41) is 0.389. The topological polar surface area (TPSA) is 86.2 Å². The number of hydrogen-bond donors (Lipinski definition) is 1. The maximum absolute atomic E-state index is 11.4. The van der Waals surface area contributed by atoms with Crippen LogP contribution in [0.4, 0.5) is 6.01 Å². The summed E-state index contributed by atoms with van der Waals surface area (Å²) < 4.78 is 4.58. The third-order valence-corrected chi connectivity index (χ3v) is 1.79.